The second kappa shape index (κ2) is 6.74. The zero-order chi connectivity index (χ0) is 18.9. The monoisotopic (exact) mass is 369 g/mol. The number of fused-ring (bicyclic) bond motifs is 5. The first kappa shape index (κ1) is 16.4. The zero-order valence-corrected chi connectivity index (χ0v) is 15.1. The summed E-state index contributed by atoms with van der Waals surface area (Å²) in [6.45, 7) is 1.19. The van der Waals surface area contributed by atoms with Gasteiger partial charge >= 0.3 is 0 Å². The first-order valence-corrected chi connectivity index (χ1v) is 9.25. The van der Waals surface area contributed by atoms with Crippen LogP contribution in [0.5, 0.6) is 0 Å². The highest BCUT2D eigenvalue weighted by molar-refractivity contribution is 6.21. The van der Waals surface area contributed by atoms with Crippen LogP contribution in [0, 0.1) is 0 Å². The number of amides is 1. The molecule has 0 atom stereocenters. The third-order valence-electron chi connectivity index (χ3n) is 4.94. The summed E-state index contributed by atoms with van der Waals surface area (Å²) in [5, 5.41) is 15.4. The Kier molecular flexibility index (Phi) is 3.94. The number of aromatic amines is 2. The molecule has 4 N–H and O–H groups in total. The van der Waals surface area contributed by atoms with E-state index in [1.165, 1.54) is 0 Å². The molecule has 0 radical (unpaired) electrons. The minimum atomic E-state index is -0.0899. The van der Waals surface area contributed by atoms with E-state index in [4.69, 9.17) is 4.98 Å². The molecular formula is C22H19N5O. The second-order valence-corrected chi connectivity index (χ2v) is 6.70. The molecule has 5 rings (SSSR count). The second-order valence-electron chi connectivity index (χ2n) is 6.70. The van der Waals surface area contributed by atoms with Crippen molar-refractivity contribution in [2.75, 3.05) is 18.4 Å². The molecular weight excluding hydrogens is 350 g/mol. The Balaban J connectivity index is 1.41. The first-order valence-electron chi connectivity index (χ1n) is 9.25. The minimum Gasteiger partial charge on any atom is -0.383 e. The summed E-state index contributed by atoms with van der Waals surface area (Å²) < 4.78 is 0. The maximum atomic E-state index is 12.8. The molecule has 2 heterocycles. The van der Waals surface area contributed by atoms with Crippen LogP contribution in [0.3, 0.4) is 0 Å². The third-order valence-corrected chi connectivity index (χ3v) is 4.94. The molecule has 0 saturated heterocycles. The Labute approximate surface area is 160 Å². The Morgan fingerprint density at radius 3 is 2.75 bits per heavy atom. The molecule has 6 heteroatoms. The number of nitrogens with zero attached hydrogens (tertiary/aromatic N) is 1. The van der Waals surface area contributed by atoms with Crippen molar-refractivity contribution in [3.8, 4) is 0 Å². The van der Waals surface area contributed by atoms with Gasteiger partial charge in [0.05, 0.1) is 16.6 Å². The van der Waals surface area contributed by atoms with Crippen molar-refractivity contribution < 1.29 is 4.79 Å². The van der Waals surface area contributed by atoms with Crippen LogP contribution in [-0.4, -0.2) is 34.2 Å². The van der Waals surface area contributed by atoms with Gasteiger partial charge in [-0.25, -0.2) is 4.98 Å². The van der Waals surface area contributed by atoms with Gasteiger partial charge in [0.15, 0.2) is 0 Å². The predicted octanol–water partition coefficient (Wildman–Crippen LogP) is 4.04. The number of hydrogen-bond acceptors (Lipinski definition) is 3. The average Bonchev–Trinajstić information content (AvgIpc) is 3.35. The number of H-pyrrole nitrogens is 2. The summed E-state index contributed by atoms with van der Waals surface area (Å²) in [7, 11) is 0. The highest BCUT2D eigenvalue weighted by atomic mass is 16.1. The molecule has 0 saturated carbocycles. The van der Waals surface area contributed by atoms with Gasteiger partial charge in [-0.3, -0.25) is 9.89 Å². The van der Waals surface area contributed by atoms with Crippen molar-refractivity contribution in [3.05, 3.63) is 72.4 Å². The van der Waals surface area contributed by atoms with Gasteiger partial charge in [-0.1, -0.05) is 36.4 Å². The highest BCUT2D eigenvalue weighted by Gasteiger charge is 2.16. The van der Waals surface area contributed by atoms with Crippen molar-refractivity contribution >= 4 is 44.3 Å². The van der Waals surface area contributed by atoms with E-state index in [1.807, 2.05) is 66.9 Å². The van der Waals surface area contributed by atoms with Gasteiger partial charge in [0.2, 0.25) is 0 Å². The summed E-state index contributed by atoms with van der Waals surface area (Å²) >= 11 is 0. The third kappa shape index (κ3) is 2.75. The number of hydrogen-bond donors (Lipinski definition) is 4. The van der Waals surface area contributed by atoms with Gasteiger partial charge in [-0.05, 0) is 24.3 Å². The number of carbonyl (C=O) groups excluding carboxylic acids is 1. The normalized spacial score (nSPS) is 11.3. The van der Waals surface area contributed by atoms with E-state index in [-0.39, 0.29) is 5.91 Å². The van der Waals surface area contributed by atoms with Crippen molar-refractivity contribution in [1.29, 1.82) is 0 Å². The number of aromatic nitrogens is 3. The predicted molar refractivity (Wildman–Crippen MR) is 113 cm³/mol. The molecule has 0 spiro atoms. The van der Waals surface area contributed by atoms with Crippen molar-refractivity contribution in [2.45, 2.75) is 0 Å². The minimum absolute atomic E-state index is 0.0899. The maximum Gasteiger partial charge on any atom is 0.252 e. The Hall–Kier alpha value is -3.80. The van der Waals surface area contributed by atoms with Gasteiger partial charge in [0.25, 0.3) is 5.91 Å². The molecule has 0 bridgehead atoms. The fourth-order valence-electron chi connectivity index (χ4n) is 3.62. The van der Waals surface area contributed by atoms with Crippen LogP contribution in [0.4, 0.5) is 5.69 Å². The highest BCUT2D eigenvalue weighted by Crippen LogP contribution is 2.32. The molecule has 0 unspecified atom stereocenters. The van der Waals surface area contributed by atoms with Crippen LogP contribution in [0.25, 0.3) is 32.7 Å². The van der Waals surface area contributed by atoms with Gasteiger partial charge in [-0.2, -0.15) is 0 Å². The number of nitrogens with one attached hydrogen (secondary N) is 4. The van der Waals surface area contributed by atoms with Crippen LogP contribution >= 0.6 is 0 Å². The molecule has 6 nitrogen and oxygen atoms in total. The summed E-state index contributed by atoms with van der Waals surface area (Å²) in [5.74, 6) is -0.0899. The van der Waals surface area contributed by atoms with Crippen LogP contribution in [-0.2, 0) is 0 Å². The smallest absolute Gasteiger partial charge is 0.252 e. The SMILES string of the molecule is O=C(NCCNc1ccccc1)c1cccc2nc3c(ccc4c[nH][nH]c43)c12. The lowest BCUT2D eigenvalue weighted by atomic mass is 10.0. The Morgan fingerprint density at radius 1 is 0.964 bits per heavy atom. The fourth-order valence-corrected chi connectivity index (χ4v) is 3.62. The lowest BCUT2D eigenvalue weighted by molar-refractivity contribution is 0.0957. The van der Waals surface area contributed by atoms with E-state index in [2.05, 4.69) is 20.8 Å². The number of para-hydroxylation sites is 1. The van der Waals surface area contributed by atoms with Crippen LogP contribution in [0.2, 0.25) is 0 Å². The van der Waals surface area contributed by atoms with Gasteiger partial charge < -0.3 is 15.7 Å². The van der Waals surface area contributed by atoms with E-state index >= 15 is 0 Å². The maximum absolute atomic E-state index is 12.8. The molecule has 28 heavy (non-hydrogen) atoms. The van der Waals surface area contributed by atoms with Crippen LogP contribution < -0.4 is 10.6 Å². The standard InChI is InChI=1S/C22H19N5O/c28-22(24-12-11-23-15-5-2-1-3-6-15)17-7-4-8-18-19(17)16-10-9-14-13-25-27-20(14)21(16)26-18/h1-10,13,23,25,27H,11-12H2,(H,24,28). The van der Waals surface area contributed by atoms with Gasteiger partial charge in [-0.15, -0.1) is 0 Å². The molecule has 138 valence electrons. The number of rotatable bonds is 5. The number of anilines is 1. The summed E-state index contributed by atoms with van der Waals surface area (Å²) in [6, 6.07) is 19.7. The van der Waals surface area contributed by atoms with Gasteiger partial charge in [0, 0.05) is 46.7 Å². The Morgan fingerprint density at radius 2 is 1.86 bits per heavy atom. The first-order chi connectivity index (χ1) is 13.8. The summed E-state index contributed by atoms with van der Waals surface area (Å²) in [5.41, 5.74) is 4.34. The summed E-state index contributed by atoms with van der Waals surface area (Å²) in [6.07, 6.45) is 1.90. The van der Waals surface area contributed by atoms with Crippen molar-refractivity contribution in [3.63, 3.8) is 0 Å². The number of carbonyl (C=O) groups is 1. The zero-order valence-electron chi connectivity index (χ0n) is 15.1. The molecule has 0 aliphatic carbocycles. The molecule has 5 aromatic rings. The fraction of sp³-hybridized carbons (Fsp3) is 0.0909. The van der Waals surface area contributed by atoms with Gasteiger partial charge in [0.1, 0.15) is 0 Å². The summed E-state index contributed by atoms with van der Waals surface area (Å²) in [4.78, 5) is 17.6. The van der Waals surface area contributed by atoms with E-state index < -0.39 is 0 Å². The number of benzene rings is 3. The molecule has 2 aromatic heterocycles. The molecule has 0 aliphatic heterocycles. The van der Waals surface area contributed by atoms with Crippen molar-refractivity contribution in [1.82, 2.24) is 20.5 Å². The quantitative estimate of drug-likeness (QED) is 0.353. The topological polar surface area (TPSA) is 85.6 Å². The van der Waals surface area contributed by atoms with E-state index in [0.717, 1.165) is 38.4 Å². The van der Waals surface area contributed by atoms with E-state index in [0.29, 0.717) is 18.7 Å². The Bertz CT molecular complexity index is 1290. The molecule has 0 aliphatic rings. The largest absolute Gasteiger partial charge is 0.383 e. The molecule has 3 aromatic carbocycles. The van der Waals surface area contributed by atoms with E-state index in [9.17, 15) is 4.79 Å². The van der Waals surface area contributed by atoms with Crippen molar-refractivity contribution in [2.24, 2.45) is 0 Å². The van der Waals surface area contributed by atoms with E-state index in [1.54, 1.807) is 0 Å². The van der Waals surface area contributed by atoms with Crippen LogP contribution in [0.15, 0.2) is 66.9 Å². The molecule has 0 fully saturated rings. The van der Waals surface area contributed by atoms with Crippen LogP contribution in [0.1, 0.15) is 10.4 Å². The lowest BCUT2D eigenvalue weighted by Gasteiger charge is -2.09. The average molecular weight is 369 g/mol. The molecule has 1 amide bonds. The lowest BCUT2D eigenvalue weighted by Crippen LogP contribution is -2.28.